The predicted octanol–water partition coefficient (Wildman–Crippen LogP) is 6.79. The minimum absolute atomic E-state index is 0.0206. The van der Waals surface area contributed by atoms with Crippen LogP contribution in [0, 0.1) is 13.5 Å². The summed E-state index contributed by atoms with van der Waals surface area (Å²) < 4.78 is 18.9. The first-order valence-electron chi connectivity index (χ1n) is 10.7. The van der Waals surface area contributed by atoms with Crippen molar-refractivity contribution in [3.8, 4) is 11.3 Å². The quantitative estimate of drug-likeness (QED) is 0.328. The van der Waals surface area contributed by atoms with E-state index in [0.717, 1.165) is 16.6 Å². The van der Waals surface area contributed by atoms with Crippen LogP contribution in [0.2, 0.25) is 0 Å². The number of fused-ring (bicyclic) bond motifs is 1. The zero-order chi connectivity index (χ0) is 22.6. The highest BCUT2D eigenvalue weighted by Gasteiger charge is 2.27. The van der Waals surface area contributed by atoms with E-state index in [-0.39, 0.29) is 23.0 Å². The number of hydrogen-bond donors (Lipinski definition) is 0. The van der Waals surface area contributed by atoms with Gasteiger partial charge in [-0.1, -0.05) is 59.7 Å². The van der Waals surface area contributed by atoms with Crippen LogP contribution >= 0.6 is 0 Å². The summed E-state index contributed by atoms with van der Waals surface area (Å²) in [5.74, 6) is 0. The van der Waals surface area contributed by atoms with E-state index in [9.17, 15) is 0 Å². The van der Waals surface area contributed by atoms with E-state index in [4.69, 9.17) is 9.31 Å². The third-order valence-corrected chi connectivity index (χ3v) is 5.42. The van der Waals surface area contributed by atoms with Crippen LogP contribution in [0.5, 0.6) is 0 Å². The summed E-state index contributed by atoms with van der Waals surface area (Å²) in [4.78, 5) is 3.53. The monoisotopic (exact) mass is 373 g/mol. The molecular formula is C26H31N2+. The lowest BCUT2D eigenvalue weighted by molar-refractivity contribution is -0.659. The minimum Gasteiger partial charge on any atom is -0.238 e. The van der Waals surface area contributed by atoms with Gasteiger partial charge in [0.1, 0.15) is 8.42 Å². The fourth-order valence-corrected chi connectivity index (χ4v) is 3.79. The van der Waals surface area contributed by atoms with Crippen molar-refractivity contribution in [1.82, 2.24) is 0 Å². The van der Waals surface area contributed by atoms with E-state index in [1.165, 1.54) is 16.7 Å². The van der Waals surface area contributed by atoms with E-state index in [2.05, 4.69) is 65.4 Å². The molecule has 0 atom stereocenters. The molecule has 0 saturated heterocycles. The molecule has 3 rings (SSSR count). The normalized spacial score (nSPS) is 13.2. The lowest BCUT2D eigenvalue weighted by Gasteiger charge is -2.28. The van der Waals surface area contributed by atoms with Crippen LogP contribution in [0.4, 0.5) is 5.69 Å². The Labute approximate surface area is 172 Å². The molecule has 0 unspecified atom stereocenters. The molecule has 0 aliphatic heterocycles. The fraction of sp³-hybridized carbons (Fsp3) is 0.385. The van der Waals surface area contributed by atoms with Crippen LogP contribution in [-0.4, -0.2) is 0 Å². The summed E-state index contributed by atoms with van der Waals surface area (Å²) in [6.07, 6.45) is 0.150. The summed E-state index contributed by atoms with van der Waals surface area (Å²) in [5.41, 5.74) is 6.20. The Morgan fingerprint density at radius 1 is 1.00 bits per heavy atom. The average molecular weight is 374 g/mol. The van der Waals surface area contributed by atoms with Crippen molar-refractivity contribution in [1.29, 1.82) is 0 Å². The maximum Gasteiger partial charge on any atom is 0.220 e. The largest absolute Gasteiger partial charge is 0.238 e. The number of pyridine rings is 1. The second-order valence-electron chi connectivity index (χ2n) is 9.68. The van der Waals surface area contributed by atoms with Gasteiger partial charge in [-0.05, 0) is 52.0 Å². The van der Waals surface area contributed by atoms with Crippen LogP contribution in [0.3, 0.4) is 0 Å². The van der Waals surface area contributed by atoms with Crippen molar-refractivity contribution in [2.75, 3.05) is 0 Å². The van der Waals surface area contributed by atoms with Gasteiger partial charge in [0.05, 0.1) is 18.9 Å². The van der Waals surface area contributed by atoms with Gasteiger partial charge in [-0.25, -0.2) is 9.41 Å². The van der Waals surface area contributed by atoms with E-state index < -0.39 is 0 Å². The summed E-state index contributed by atoms with van der Waals surface area (Å²) in [6.45, 7) is 22.8. The van der Waals surface area contributed by atoms with Gasteiger partial charge in [0.15, 0.2) is 11.9 Å². The molecule has 144 valence electrons. The fourth-order valence-electron chi connectivity index (χ4n) is 3.79. The number of nitrogens with zero attached hydrogens (tertiary/aromatic N) is 2. The molecule has 0 spiro atoms. The standard InChI is InChI=1S/C26H31N2/c1-17-22(15-19(25(2,3)4)16-23(17)26(5,6)7)24-21-11-10-20(27-8)14-18(21)12-13-28(24)9/h10-16H,1-7,9H3/q+1/i12D,13D. The van der Waals surface area contributed by atoms with Gasteiger partial charge in [-0.2, -0.15) is 0 Å². The first kappa shape index (κ1) is 17.4. The molecule has 3 aromatic rings. The molecule has 0 aliphatic carbocycles. The molecule has 0 bridgehead atoms. The zero-order valence-corrected chi connectivity index (χ0v) is 18.3. The smallest absolute Gasteiger partial charge is 0.220 e. The van der Waals surface area contributed by atoms with Crippen molar-refractivity contribution in [2.24, 2.45) is 7.05 Å². The average Bonchev–Trinajstić information content (AvgIpc) is 2.65. The zero-order valence-electron chi connectivity index (χ0n) is 20.3. The molecule has 28 heavy (non-hydrogen) atoms. The molecule has 2 heteroatoms. The molecule has 0 saturated carbocycles. The van der Waals surface area contributed by atoms with Gasteiger partial charge in [-0.3, -0.25) is 0 Å². The third-order valence-electron chi connectivity index (χ3n) is 5.42. The lowest BCUT2D eigenvalue weighted by Crippen LogP contribution is -2.31. The first-order chi connectivity index (χ1) is 13.8. The molecule has 0 aliphatic rings. The highest BCUT2D eigenvalue weighted by molar-refractivity contribution is 5.95. The van der Waals surface area contributed by atoms with Crippen molar-refractivity contribution in [2.45, 2.75) is 59.3 Å². The van der Waals surface area contributed by atoms with E-state index in [1.54, 1.807) is 12.1 Å². The van der Waals surface area contributed by atoms with E-state index in [0.29, 0.717) is 11.1 Å². The van der Waals surface area contributed by atoms with Crippen LogP contribution in [-0.2, 0) is 17.9 Å². The van der Waals surface area contributed by atoms with Gasteiger partial charge in [0.25, 0.3) is 0 Å². The van der Waals surface area contributed by atoms with Crippen LogP contribution in [0.1, 0.15) is 61.0 Å². The molecule has 2 nitrogen and oxygen atoms in total. The summed E-state index contributed by atoms with van der Waals surface area (Å²) in [7, 11) is 1.86. The summed E-state index contributed by atoms with van der Waals surface area (Å²) >= 11 is 0. The molecule has 0 fully saturated rings. The highest BCUT2D eigenvalue weighted by Crippen LogP contribution is 2.38. The van der Waals surface area contributed by atoms with Gasteiger partial charge >= 0.3 is 0 Å². The number of hydrogen-bond acceptors (Lipinski definition) is 0. The van der Waals surface area contributed by atoms with Crippen molar-refractivity contribution >= 4 is 16.5 Å². The van der Waals surface area contributed by atoms with E-state index >= 15 is 0 Å². The van der Waals surface area contributed by atoms with Gasteiger partial charge in [-0.15, -0.1) is 0 Å². The van der Waals surface area contributed by atoms with Gasteiger partial charge in [0, 0.05) is 6.04 Å². The van der Waals surface area contributed by atoms with Gasteiger partial charge < -0.3 is 0 Å². The van der Waals surface area contributed by atoms with Crippen molar-refractivity contribution in [3.63, 3.8) is 0 Å². The Hall–Kier alpha value is -2.66. The Balaban J connectivity index is 2.54. The van der Waals surface area contributed by atoms with Crippen LogP contribution in [0.25, 0.3) is 26.9 Å². The van der Waals surface area contributed by atoms with Crippen LogP contribution < -0.4 is 4.57 Å². The molecule has 0 amide bonds. The predicted molar refractivity (Wildman–Crippen MR) is 119 cm³/mol. The molecule has 2 aromatic carbocycles. The molecule has 0 N–H and O–H groups in total. The Morgan fingerprint density at radius 2 is 1.68 bits per heavy atom. The maximum absolute atomic E-state index is 8.57. The third kappa shape index (κ3) is 3.54. The van der Waals surface area contributed by atoms with Gasteiger partial charge in [0.2, 0.25) is 5.69 Å². The molecule has 1 heterocycles. The van der Waals surface area contributed by atoms with Crippen molar-refractivity contribution in [3.05, 3.63) is 70.7 Å². The van der Waals surface area contributed by atoms with Crippen LogP contribution in [0.15, 0.2) is 42.5 Å². The second-order valence-corrected chi connectivity index (χ2v) is 9.68. The van der Waals surface area contributed by atoms with Crippen molar-refractivity contribution < 1.29 is 7.31 Å². The lowest BCUT2D eigenvalue weighted by atomic mass is 9.76. The first-order valence-corrected chi connectivity index (χ1v) is 9.73. The maximum atomic E-state index is 8.57. The number of benzene rings is 2. The Kier molecular flexibility index (Phi) is 4.20. The summed E-state index contributed by atoms with van der Waals surface area (Å²) in [5, 5.41) is 1.55. The number of rotatable bonds is 1. The number of aromatic nitrogens is 1. The Bertz CT molecular complexity index is 1200. The Morgan fingerprint density at radius 3 is 2.25 bits per heavy atom. The summed E-state index contributed by atoms with van der Waals surface area (Å²) in [6, 6.07) is 10.2. The minimum atomic E-state index is -0.0229. The SMILES string of the molecule is [2H]c1c([2H])[n+](C)c(-c2cc(C(C)(C)C)cc(C(C)(C)C)c2C)c2ccc([N+]#[C-])cc12. The molecule has 1 aromatic heterocycles. The topological polar surface area (TPSA) is 8.24 Å². The second kappa shape index (κ2) is 6.74. The molecular weight excluding hydrogens is 340 g/mol. The van der Waals surface area contributed by atoms with E-state index in [1.807, 2.05) is 17.7 Å². The highest BCUT2D eigenvalue weighted by atomic mass is 14.9. The molecule has 0 radical (unpaired) electrons.